The predicted octanol–water partition coefficient (Wildman–Crippen LogP) is 6.57. The number of aromatic nitrogens is 2. The Morgan fingerprint density at radius 3 is 2.28 bits per heavy atom. The molecule has 3 aromatic rings. The van der Waals surface area contributed by atoms with Crippen molar-refractivity contribution in [1.29, 1.82) is 0 Å². The lowest BCUT2D eigenvalue weighted by atomic mass is 10.0. The Morgan fingerprint density at radius 2 is 1.66 bits per heavy atom. The quantitative estimate of drug-likeness (QED) is 0.286. The summed E-state index contributed by atoms with van der Waals surface area (Å²) >= 11 is 0. The van der Waals surface area contributed by atoms with Crippen molar-refractivity contribution in [3.63, 3.8) is 0 Å². The average molecular weight is 453 g/mol. The highest BCUT2D eigenvalue weighted by molar-refractivity contribution is 6.71. The van der Waals surface area contributed by atoms with Gasteiger partial charge in [-0.1, -0.05) is 20.8 Å². The standard InChI is InChI=1S/C26H36N2O3Si/c1-18-13-21(25-27-16-20-9-10-22(29-6)15-23(20)28-25)14-19(2)24(18)30-11-12-31-32(7,8)17-26(3,4)5/h9-10,13-16H,11-12,17H2,1-8H3. The fraction of sp³-hybridized carbons (Fsp3) is 0.462. The van der Waals surface area contributed by atoms with Gasteiger partial charge < -0.3 is 13.9 Å². The minimum absolute atomic E-state index is 0.287. The second kappa shape index (κ2) is 9.59. The molecule has 0 aliphatic rings. The number of benzene rings is 2. The molecule has 0 bridgehead atoms. The van der Waals surface area contributed by atoms with Crippen LogP contribution in [0.15, 0.2) is 36.5 Å². The normalized spacial score (nSPS) is 12.2. The Kier molecular flexibility index (Phi) is 7.25. The summed E-state index contributed by atoms with van der Waals surface area (Å²) < 4.78 is 17.7. The Morgan fingerprint density at radius 1 is 0.969 bits per heavy atom. The number of hydrogen-bond acceptors (Lipinski definition) is 5. The lowest BCUT2D eigenvalue weighted by Crippen LogP contribution is -2.36. The molecule has 0 saturated carbocycles. The van der Waals surface area contributed by atoms with E-state index in [0.29, 0.717) is 19.0 Å². The number of ether oxygens (including phenoxy) is 2. The molecule has 0 radical (unpaired) electrons. The van der Waals surface area contributed by atoms with Gasteiger partial charge in [-0.15, -0.1) is 0 Å². The molecule has 1 aromatic heterocycles. The monoisotopic (exact) mass is 452 g/mol. The number of nitrogens with zero attached hydrogens (tertiary/aromatic N) is 2. The first-order chi connectivity index (χ1) is 15.0. The van der Waals surface area contributed by atoms with Crippen LogP contribution in [0.4, 0.5) is 0 Å². The molecule has 172 valence electrons. The SMILES string of the molecule is COc1ccc2cnc(-c3cc(C)c(OCCO[Si](C)(C)CC(C)(C)C)c(C)c3)nc2c1. The number of hydrogen-bond donors (Lipinski definition) is 0. The average Bonchev–Trinajstić information content (AvgIpc) is 2.69. The zero-order valence-corrected chi connectivity index (χ0v) is 21.7. The van der Waals surface area contributed by atoms with Crippen molar-refractivity contribution in [3.05, 3.63) is 47.7 Å². The molecule has 2 aromatic carbocycles. The van der Waals surface area contributed by atoms with Crippen molar-refractivity contribution >= 4 is 19.2 Å². The van der Waals surface area contributed by atoms with Crippen molar-refractivity contribution in [2.24, 2.45) is 5.41 Å². The molecule has 0 fully saturated rings. The summed E-state index contributed by atoms with van der Waals surface area (Å²) in [6, 6.07) is 11.1. The van der Waals surface area contributed by atoms with Gasteiger partial charge in [0.05, 0.1) is 19.2 Å². The zero-order valence-electron chi connectivity index (χ0n) is 20.7. The van der Waals surface area contributed by atoms with Crippen molar-refractivity contribution in [1.82, 2.24) is 9.97 Å². The van der Waals surface area contributed by atoms with Gasteiger partial charge in [-0.3, -0.25) is 0 Å². The number of aryl methyl sites for hydroxylation is 2. The molecule has 32 heavy (non-hydrogen) atoms. The second-order valence-electron chi connectivity index (χ2n) is 10.3. The highest BCUT2D eigenvalue weighted by Crippen LogP contribution is 2.31. The van der Waals surface area contributed by atoms with Crippen LogP contribution in [0.2, 0.25) is 19.1 Å². The molecule has 3 rings (SSSR count). The summed E-state index contributed by atoms with van der Waals surface area (Å²) in [6.07, 6.45) is 1.85. The Hall–Kier alpha value is -2.44. The van der Waals surface area contributed by atoms with Crippen LogP contribution < -0.4 is 9.47 Å². The third-order valence-electron chi connectivity index (χ3n) is 5.29. The van der Waals surface area contributed by atoms with E-state index in [1.807, 2.05) is 24.4 Å². The van der Waals surface area contributed by atoms with Gasteiger partial charge in [0, 0.05) is 23.2 Å². The van der Waals surface area contributed by atoms with Gasteiger partial charge in [0.1, 0.15) is 18.1 Å². The van der Waals surface area contributed by atoms with Crippen LogP contribution in [0.1, 0.15) is 31.9 Å². The van der Waals surface area contributed by atoms with Gasteiger partial charge in [-0.25, -0.2) is 9.97 Å². The van der Waals surface area contributed by atoms with Crippen molar-refractivity contribution in [2.45, 2.75) is 53.8 Å². The van der Waals surface area contributed by atoms with E-state index in [0.717, 1.165) is 45.1 Å². The summed E-state index contributed by atoms with van der Waals surface area (Å²) in [5.41, 5.74) is 4.27. The fourth-order valence-electron chi connectivity index (χ4n) is 4.37. The lowest BCUT2D eigenvalue weighted by Gasteiger charge is -2.30. The highest BCUT2D eigenvalue weighted by atomic mass is 28.4. The van der Waals surface area contributed by atoms with E-state index in [-0.39, 0.29) is 5.41 Å². The molecule has 1 heterocycles. The van der Waals surface area contributed by atoms with Gasteiger partial charge in [-0.2, -0.15) is 0 Å². The highest BCUT2D eigenvalue weighted by Gasteiger charge is 2.29. The topological polar surface area (TPSA) is 53.5 Å². The van der Waals surface area contributed by atoms with E-state index in [2.05, 4.69) is 64.8 Å². The molecule has 0 saturated heterocycles. The maximum Gasteiger partial charge on any atom is 0.187 e. The van der Waals surface area contributed by atoms with Gasteiger partial charge in [0.25, 0.3) is 0 Å². The van der Waals surface area contributed by atoms with Crippen LogP contribution in [0.3, 0.4) is 0 Å². The predicted molar refractivity (Wildman–Crippen MR) is 134 cm³/mol. The molecule has 6 heteroatoms. The van der Waals surface area contributed by atoms with Gasteiger partial charge in [-0.05, 0) is 73.8 Å². The van der Waals surface area contributed by atoms with E-state index in [1.54, 1.807) is 7.11 Å². The van der Waals surface area contributed by atoms with Crippen LogP contribution in [0, 0.1) is 19.3 Å². The van der Waals surface area contributed by atoms with Crippen LogP contribution in [-0.2, 0) is 4.43 Å². The third-order valence-corrected chi connectivity index (χ3v) is 8.18. The summed E-state index contributed by atoms with van der Waals surface area (Å²) in [5, 5.41) is 0.987. The van der Waals surface area contributed by atoms with Crippen molar-refractivity contribution in [2.75, 3.05) is 20.3 Å². The van der Waals surface area contributed by atoms with Crippen molar-refractivity contribution < 1.29 is 13.9 Å². The summed E-state index contributed by atoms with van der Waals surface area (Å²) in [6.45, 7) is 16.7. The van der Waals surface area contributed by atoms with E-state index in [4.69, 9.17) is 18.9 Å². The molecule has 0 N–H and O–H groups in total. The molecule has 0 spiro atoms. The first-order valence-electron chi connectivity index (χ1n) is 11.2. The van der Waals surface area contributed by atoms with Crippen molar-refractivity contribution in [3.8, 4) is 22.9 Å². The van der Waals surface area contributed by atoms with E-state index in [1.165, 1.54) is 0 Å². The molecule has 0 unspecified atom stereocenters. The fourth-order valence-corrected chi connectivity index (χ4v) is 7.66. The van der Waals surface area contributed by atoms with E-state index < -0.39 is 8.32 Å². The minimum Gasteiger partial charge on any atom is -0.497 e. The summed E-state index contributed by atoms with van der Waals surface area (Å²) in [7, 11) is -0.0319. The second-order valence-corrected chi connectivity index (χ2v) is 14.4. The lowest BCUT2D eigenvalue weighted by molar-refractivity contribution is 0.205. The van der Waals surface area contributed by atoms with E-state index >= 15 is 0 Å². The van der Waals surface area contributed by atoms with Gasteiger partial charge >= 0.3 is 0 Å². The van der Waals surface area contributed by atoms with E-state index in [9.17, 15) is 0 Å². The molecule has 0 aliphatic heterocycles. The molecule has 5 nitrogen and oxygen atoms in total. The van der Waals surface area contributed by atoms with Crippen LogP contribution in [-0.4, -0.2) is 38.6 Å². The third kappa shape index (κ3) is 6.30. The summed E-state index contributed by atoms with van der Waals surface area (Å²) in [5.74, 6) is 2.39. The Bertz CT molecular complexity index is 1070. The maximum absolute atomic E-state index is 6.24. The Balaban J connectivity index is 1.71. The summed E-state index contributed by atoms with van der Waals surface area (Å²) in [4.78, 5) is 9.32. The maximum atomic E-state index is 6.24. The molecular formula is C26H36N2O3Si. The van der Waals surface area contributed by atoms with Crippen LogP contribution in [0.5, 0.6) is 11.5 Å². The number of rotatable bonds is 8. The largest absolute Gasteiger partial charge is 0.497 e. The smallest absolute Gasteiger partial charge is 0.187 e. The molecule has 0 amide bonds. The van der Waals surface area contributed by atoms with Crippen LogP contribution >= 0.6 is 0 Å². The number of fused-ring (bicyclic) bond motifs is 1. The van der Waals surface area contributed by atoms with Gasteiger partial charge in [0.15, 0.2) is 14.1 Å². The Labute approximate surface area is 193 Å². The first kappa shape index (κ1) is 24.2. The molecular weight excluding hydrogens is 416 g/mol. The molecule has 0 atom stereocenters. The molecule has 0 aliphatic carbocycles. The van der Waals surface area contributed by atoms with Crippen LogP contribution in [0.25, 0.3) is 22.3 Å². The minimum atomic E-state index is -1.69. The number of methoxy groups -OCH3 is 1. The zero-order chi connectivity index (χ0) is 23.5. The first-order valence-corrected chi connectivity index (χ1v) is 14.3. The van der Waals surface area contributed by atoms with Gasteiger partial charge in [0.2, 0.25) is 0 Å².